The van der Waals surface area contributed by atoms with E-state index < -0.39 is 0 Å². The summed E-state index contributed by atoms with van der Waals surface area (Å²) >= 11 is 5.82. The Kier molecular flexibility index (Phi) is 5.06. The van der Waals surface area contributed by atoms with Gasteiger partial charge in [0.2, 0.25) is 0 Å². The SMILES string of the molecule is CC(C)(N)COCCOc1cccc(Cl)c1. The van der Waals surface area contributed by atoms with Crippen molar-refractivity contribution in [1.29, 1.82) is 0 Å². The molecule has 1 rings (SSSR count). The van der Waals surface area contributed by atoms with Gasteiger partial charge in [0, 0.05) is 10.6 Å². The van der Waals surface area contributed by atoms with Crippen molar-refractivity contribution >= 4 is 11.6 Å². The summed E-state index contributed by atoms with van der Waals surface area (Å²) in [6.07, 6.45) is 0. The highest BCUT2D eigenvalue weighted by molar-refractivity contribution is 6.30. The first-order chi connectivity index (χ1) is 7.47. The summed E-state index contributed by atoms with van der Waals surface area (Å²) in [6.45, 7) is 5.38. The topological polar surface area (TPSA) is 44.5 Å². The van der Waals surface area contributed by atoms with Gasteiger partial charge in [0.25, 0.3) is 0 Å². The van der Waals surface area contributed by atoms with Gasteiger partial charge in [-0.05, 0) is 32.0 Å². The highest BCUT2D eigenvalue weighted by atomic mass is 35.5. The molecule has 1 aromatic carbocycles. The molecule has 3 nitrogen and oxygen atoms in total. The first kappa shape index (κ1) is 13.3. The van der Waals surface area contributed by atoms with Crippen LogP contribution in [0.3, 0.4) is 0 Å². The molecule has 0 aliphatic rings. The third-order valence-electron chi connectivity index (χ3n) is 1.77. The lowest BCUT2D eigenvalue weighted by Gasteiger charge is -2.18. The molecule has 0 saturated heterocycles. The van der Waals surface area contributed by atoms with E-state index in [9.17, 15) is 0 Å². The Morgan fingerprint density at radius 3 is 2.69 bits per heavy atom. The van der Waals surface area contributed by atoms with E-state index in [1.807, 2.05) is 32.0 Å². The minimum atomic E-state index is -0.296. The van der Waals surface area contributed by atoms with Crippen LogP contribution in [-0.4, -0.2) is 25.4 Å². The maximum atomic E-state index is 5.82. The molecule has 0 heterocycles. The lowest BCUT2D eigenvalue weighted by Crippen LogP contribution is -2.37. The minimum Gasteiger partial charge on any atom is -0.491 e. The highest BCUT2D eigenvalue weighted by Gasteiger charge is 2.09. The fourth-order valence-electron chi connectivity index (χ4n) is 1.11. The molecule has 0 aliphatic carbocycles. The van der Waals surface area contributed by atoms with Crippen molar-refractivity contribution in [2.75, 3.05) is 19.8 Å². The fourth-order valence-corrected chi connectivity index (χ4v) is 1.29. The second kappa shape index (κ2) is 6.09. The molecule has 16 heavy (non-hydrogen) atoms. The van der Waals surface area contributed by atoms with E-state index in [0.717, 1.165) is 5.75 Å². The molecule has 0 amide bonds. The van der Waals surface area contributed by atoms with Crippen LogP contribution in [-0.2, 0) is 4.74 Å². The fraction of sp³-hybridized carbons (Fsp3) is 0.500. The van der Waals surface area contributed by atoms with Crippen LogP contribution < -0.4 is 10.5 Å². The van der Waals surface area contributed by atoms with Gasteiger partial charge in [0.15, 0.2) is 0 Å². The Morgan fingerprint density at radius 1 is 1.31 bits per heavy atom. The summed E-state index contributed by atoms with van der Waals surface area (Å²) < 4.78 is 10.8. The zero-order valence-electron chi connectivity index (χ0n) is 9.70. The molecule has 0 bridgehead atoms. The van der Waals surface area contributed by atoms with Crippen LogP contribution in [0.1, 0.15) is 13.8 Å². The predicted molar refractivity (Wildman–Crippen MR) is 66.0 cm³/mol. The minimum absolute atomic E-state index is 0.296. The molecule has 4 heteroatoms. The van der Waals surface area contributed by atoms with E-state index in [4.69, 9.17) is 26.8 Å². The maximum absolute atomic E-state index is 5.82. The van der Waals surface area contributed by atoms with E-state index in [2.05, 4.69) is 0 Å². The second-order valence-electron chi connectivity index (χ2n) is 4.35. The number of halogens is 1. The van der Waals surface area contributed by atoms with Gasteiger partial charge in [-0.2, -0.15) is 0 Å². The van der Waals surface area contributed by atoms with Crippen molar-refractivity contribution in [3.63, 3.8) is 0 Å². The van der Waals surface area contributed by atoms with Crippen molar-refractivity contribution in [3.05, 3.63) is 29.3 Å². The number of ether oxygens (including phenoxy) is 2. The van der Waals surface area contributed by atoms with E-state index in [-0.39, 0.29) is 5.54 Å². The molecule has 0 aromatic heterocycles. The lowest BCUT2D eigenvalue weighted by atomic mass is 10.1. The van der Waals surface area contributed by atoms with Crippen molar-refractivity contribution in [2.45, 2.75) is 19.4 Å². The average molecular weight is 244 g/mol. The first-order valence-electron chi connectivity index (χ1n) is 5.22. The van der Waals surface area contributed by atoms with Crippen LogP contribution in [0.15, 0.2) is 24.3 Å². The Morgan fingerprint density at radius 2 is 2.06 bits per heavy atom. The van der Waals surface area contributed by atoms with Crippen LogP contribution in [0.2, 0.25) is 5.02 Å². The van der Waals surface area contributed by atoms with Crippen LogP contribution in [0, 0.1) is 0 Å². The Balaban J connectivity index is 2.17. The smallest absolute Gasteiger partial charge is 0.120 e. The van der Waals surface area contributed by atoms with Crippen LogP contribution in [0.5, 0.6) is 5.75 Å². The van der Waals surface area contributed by atoms with Gasteiger partial charge in [0.05, 0.1) is 13.2 Å². The van der Waals surface area contributed by atoms with E-state index in [1.54, 1.807) is 6.07 Å². The van der Waals surface area contributed by atoms with Crippen LogP contribution in [0.4, 0.5) is 0 Å². The van der Waals surface area contributed by atoms with Crippen LogP contribution in [0.25, 0.3) is 0 Å². The summed E-state index contributed by atoms with van der Waals surface area (Å²) in [5.74, 6) is 0.753. The summed E-state index contributed by atoms with van der Waals surface area (Å²) in [5, 5.41) is 0.668. The number of nitrogens with two attached hydrogens (primary N) is 1. The van der Waals surface area contributed by atoms with Crippen molar-refractivity contribution in [3.8, 4) is 5.75 Å². The molecule has 0 atom stereocenters. The third kappa shape index (κ3) is 5.95. The largest absolute Gasteiger partial charge is 0.491 e. The molecule has 0 radical (unpaired) electrons. The Bertz CT molecular complexity index is 323. The summed E-state index contributed by atoms with van der Waals surface area (Å²) in [6, 6.07) is 7.29. The monoisotopic (exact) mass is 243 g/mol. The van der Waals surface area contributed by atoms with Crippen molar-refractivity contribution in [1.82, 2.24) is 0 Å². The predicted octanol–water partition coefficient (Wildman–Crippen LogP) is 2.47. The molecule has 2 N–H and O–H groups in total. The highest BCUT2D eigenvalue weighted by Crippen LogP contribution is 2.16. The van der Waals surface area contributed by atoms with Gasteiger partial charge >= 0.3 is 0 Å². The van der Waals surface area contributed by atoms with Gasteiger partial charge in [-0.3, -0.25) is 0 Å². The second-order valence-corrected chi connectivity index (χ2v) is 4.78. The molecule has 90 valence electrons. The number of benzene rings is 1. The van der Waals surface area contributed by atoms with Gasteiger partial charge < -0.3 is 15.2 Å². The molecule has 0 aliphatic heterocycles. The summed E-state index contributed by atoms with van der Waals surface area (Å²) in [7, 11) is 0. The lowest BCUT2D eigenvalue weighted by molar-refractivity contribution is 0.0724. The van der Waals surface area contributed by atoms with E-state index >= 15 is 0 Å². The van der Waals surface area contributed by atoms with Gasteiger partial charge in [-0.1, -0.05) is 17.7 Å². The molecular weight excluding hydrogens is 226 g/mol. The van der Waals surface area contributed by atoms with E-state index in [1.165, 1.54) is 0 Å². The standard InChI is InChI=1S/C12H18ClNO2/c1-12(2,14)9-15-6-7-16-11-5-3-4-10(13)8-11/h3-5,8H,6-7,9,14H2,1-2H3. The van der Waals surface area contributed by atoms with Gasteiger partial charge in [0.1, 0.15) is 12.4 Å². The quantitative estimate of drug-likeness (QED) is 0.781. The number of rotatable bonds is 6. The zero-order chi connectivity index (χ0) is 12.0. The molecule has 0 fully saturated rings. The average Bonchev–Trinajstić information content (AvgIpc) is 2.15. The molecule has 0 unspecified atom stereocenters. The number of hydrogen-bond donors (Lipinski definition) is 1. The Labute approximate surface area is 101 Å². The van der Waals surface area contributed by atoms with Gasteiger partial charge in [-0.25, -0.2) is 0 Å². The van der Waals surface area contributed by atoms with E-state index in [0.29, 0.717) is 24.8 Å². The summed E-state index contributed by atoms with van der Waals surface area (Å²) in [5.41, 5.74) is 5.47. The van der Waals surface area contributed by atoms with Gasteiger partial charge in [-0.15, -0.1) is 0 Å². The third-order valence-corrected chi connectivity index (χ3v) is 2.00. The van der Waals surface area contributed by atoms with Crippen LogP contribution >= 0.6 is 11.6 Å². The van der Waals surface area contributed by atoms with Crippen molar-refractivity contribution < 1.29 is 9.47 Å². The Hall–Kier alpha value is -0.770. The molecule has 0 saturated carbocycles. The maximum Gasteiger partial charge on any atom is 0.120 e. The zero-order valence-corrected chi connectivity index (χ0v) is 10.5. The normalized spacial score (nSPS) is 11.5. The molecule has 0 spiro atoms. The number of hydrogen-bond acceptors (Lipinski definition) is 3. The van der Waals surface area contributed by atoms with Crippen molar-refractivity contribution in [2.24, 2.45) is 5.73 Å². The summed E-state index contributed by atoms with van der Waals surface area (Å²) in [4.78, 5) is 0. The first-order valence-corrected chi connectivity index (χ1v) is 5.60. The molecule has 1 aromatic rings. The molecular formula is C12H18ClNO2.